The van der Waals surface area contributed by atoms with Crippen molar-refractivity contribution in [3.05, 3.63) is 48.3 Å². The second kappa shape index (κ2) is 6.52. The predicted octanol–water partition coefficient (Wildman–Crippen LogP) is 1.96. The number of carbonyl (C=O) groups excluding carboxylic acids is 1. The Hall–Kier alpha value is -2.93. The second-order valence-electron chi connectivity index (χ2n) is 6.24. The van der Waals surface area contributed by atoms with Crippen LogP contribution in [-0.2, 0) is 0 Å². The molecule has 0 radical (unpaired) electrons. The average Bonchev–Trinajstić information content (AvgIpc) is 3.10. The van der Waals surface area contributed by atoms with Crippen LogP contribution in [0.1, 0.15) is 10.5 Å². The maximum absolute atomic E-state index is 12.5. The zero-order valence-corrected chi connectivity index (χ0v) is 14.1. The maximum Gasteiger partial charge on any atom is 0.275 e. The SMILES string of the molecule is CN1CCN(c2cccc(C(=O)Nc3ccc4cc[nH]c4n3)n2)CC1. The number of nitrogens with one attached hydrogen (secondary N) is 2. The van der Waals surface area contributed by atoms with Crippen LogP contribution in [0.25, 0.3) is 11.0 Å². The highest BCUT2D eigenvalue weighted by Crippen LogP contribution is 2.16. The van der Waals surface area contributed by atoms with Crippen LogP contribution in [0.4, 0.5) is 11.6 Å². The number of fused-ring (bicyclic) bond motifs is 1. The smallest absolute Gasteiger partial charge is 0.275 e. The number of carbonyl (C=O) groups is 1. The van der Waals surface area contributed by atoms with E-state index >= 15 is 0 Å². The van der Waals surface area contributed by atoms with Gasteiger partial charge in [-0.1, -0.05) is 6.07 Å². The van der Waals surface area contributed by atoms with Gasteiger partial charge in [0.2, 0.25) is 0 Å². The van der Waals surface area contributed by atoms with Crippen molar-refractivity contribution >= 4 is 28.6 Å². The third-order valence-corrected chi connectivity index (χ3v) is 4.45. The van der Waals surface area contributed by atoms with E-state index in [0.717, 1.165) is 43.0 Å². The first kappa shape index (κ1) is 15.6. The number of aromatic amines is 1. The minimum atomic E-state index is -0.255. The summed E-state index contributed by atoms with van der Waals surface area (Å²) in [6.45, 7) is 3.83. The molecule has 1 aliphatic rings. The van der Waals surface area contributed by atoms with Crippen LogP contribution in [-0.4, -0.2) is 59.0 Å². The Bertz CT molecular complexity index is 897. The summed E-state index contributed by atoms with van der Waals surface area (Å²) < 4.78 is 0. The first-order valence-electron chi connectivity index (χ1n) is 8.35. The molecule has 0 unspecified atom stereocenters. The maximum atomic E-state index is 12.5. The summed E-state index contributed by atoms with van der Waals surface area (Å²) in [4.78, 5) is 29.0. The second-order valence-corrected chi connectivity index (χ2v) is 6.24. The lowest BCUT2D eigenvalue weighted by atomic mass is 10.3. The number of hydrogen-bond donors (Lipinski definition) is 2. The van der Waals surface area contributed by atoms with Crippen molar-refractivity contribution in [3.8, 4) is 0 Å². The summed E-state index contributed by atoms with van der Waals surface area (Å²) in [6.07, 6.45) is 1.82. The molecule has 3 aromatic heterocycles. The lowest BCUT2D eigenvalue weighted by Crippen LogP contribution is -2.44. The van der Waals surface area contributed by atoms with E-state index in [1.165, 1.54) is 0 Å². The summed E-state index contributed by atoms with van der Waals surface area (Å²) in [5.41, 5.74) is 1.14. The summed E-state index contributed by atoms with van der Waals surface area (Å²) in [5.74, 6) is 1.09. The van der Waals surface area contributed by atoms with E-state index in [9.17, 15) is 4.79 Å². The Morgan fingerprint density at radius 2 is 1.92 bits per heavy atom. The van der Waals surface area contributed by atoms with Gasteiger partial charge in [-0.25, -0.2) is 9.97 Å². The minimum absolute atomic E-state index is 0.255. The molecule has 128 valence electrons. The minimum Gasteiger partial charge on any atom is -0.354 e. The number of hydrogen-bond acceptors (Lipinski definition) is 5. The number of H-pyrrole nitrogens is 1. The van der Waals surface area contributed by atoms with E-state index < -0.39 is 0 Å². The van der Waals surface area contributed by atoms with E-state index in [1.807, 2.05) is 30.5 Å². The number of amides is 1. The number of rotatable bonds is 3. The van der Waals surface area contributed by atoms with Gasteiger partial charge in [-0.2, -0.15) is 0 Å². The van der Waals surface area contributed by atoms with Crippen LogP contribution in [0.3, 0.4) is 0 Å². The van der Waals surface area contributed by atoms with Crippen molar-refractivity contribution in [2.75, 3.05) is 43.4 Å². The molecule has 0 atom stereocenters. The van der Waals surface area contributed by atoms with Gasteiger partial charge in [-0.05, 0) is 37.4 Å². The van der Waals surface area contributed by atoms with Gasteiger partial charge in [0.15, 0.2) is 0 Å². The van der Waals surface area contributed by atoms with Crippen molar-refractivity contribution in [2.45, 2.75) is 0 Å². The molecule has 1 fully saturated rings. The molecule has 4 rings (SSSR count). The quantitative estimate of drug-likeness (QED) is 0.765. The van der Waals surface area contributed by atoms with Crippen LogP contribution in [0.5, 0.6) is 0 Å². The molecule has 0 saturated carbocycles. The number of nitrogens with zero attached hydrogens (tertiary/aromatic N) is 4. The first-order valence-corrected chi connectivity index (χ1v) is 8.35. The van der Waals surface area contributed by atoms with Crippen LogP contribution in [0.15, 0.2) is 42.6 Å². The van der Waals surface area contributed by atoms with E-state index in [1.54, 1.807) is 12.1 Å². The number of pyridine rings is 2. The standard InChI is InChI=1S/C18H20N6O/c1-23-9-11-24(12-10-23)16-4-2-3-14(20-16)18(25)22-15-6-5-13-7-8-19-17(13)21-15/h2-8H,9-12H2,1H3,(H2,19,21,22,25). The molecular weight excluding hydrogens is 316 g/mol. The lowest BCUT2D eigenvalue weighted by molar-refractivity contribution is 0.102. The Morgan fingerprint density at radius 3 is 2.76 bits per heavy atom. The zero-order valence-electron chi connectivity index (χ0n) is 14.1. The molecule has 1 saturated heterocycles. The van der Waals surface area contributed by atoms with Gasteiger partial charge in [0.25, 0.3) is 5.91 Å². The molecule has 1 amide bonds. The van der Waals surface area contributed by atoms with Gasteiger partial charge < -0.3 is 20.1 Å². The fraction of sp³-hybridized carbons (Fsp3) is 0.278. The van der Waals surface area contributed by atoms with Crippen LogP contribution in [0, 0.1) is 0 Å². The van der Waals surface area contributed by atoms with Crippen LogP contribution < -0.4 is 10.2 Å². The lowest BCUT2D eigenvalue weighted by Gasteiger charge is -2.33. The third kappa shape index (κ3) is 3.32. The molecule has 0 spiro atoms. The molecule has 1 aliphatic heterocycles. The average molecular weight is 336 g/mol. The molecule has 0 bridgehead atoms. The molecule has 2 N–H and O–H groups in total. The highest BCUT2D eigenvalue weighted by atomic mass is 16.1. The Labute approximate surface area is 145 Å². The zero-order chi connectivity index (χ0) is 17.2. The van der Waals surface area contributed by atoms with Crippen molar-refractivity contribution in [1.29, 1.82) is 0 Å². The largest absolute Gasteiger partial charge is 0.354 e. The fourth-order valence-corrected chi connectivity index (χ4v) is 2.94. The predicted molar refractivity (Wildman–Crippen MR) is 98.0 cm³/mol. The normalized spacial score (nSPS) is 15.5. The molecule has 3 aromatic rings. The summed E-state index contributed by atoms with van der Waals surface area (Å²) >= 11 is 0. The van der Waals surface area contributed by atoms with E-state index in [0.29, 0.717) is 11.5 Å². The van der Waals surface area contributed by atoms with Crippen molar-refractivity contribution in [1.82, 2.24) is 19.9 Å². The molecular formula is C18H20N6O. The number of likely N-dealkylation sites (N-methyl/N-ethyl adjacent to an activating group) is 1. The van der Waals surface area contributed by atoms with E-state index in [-0.39, 0.29) is 5.91 Å². The Kier molecular flexibility index (Phi) is 4.07. The van der Waals surface area contributed by atoms with E-state index in [2.05, 4.69) is 37.1 Å². The van der Waals surface area contributed by atoms with Crippen molar-refractivity contribution < 1.29 is 4.79 Å². The third-order valence-electron chi connectivity index (χ3n) is 4.45. The number of piperazine rings is 1. The highest BCUT2D eigenvalue weighted by molar-refractivity contribution is 6.03. The van der Waals surface area contributed by atoms with Crippen molar-refractivity contribution in [3.63, 3.8) is 0 Å². The van der Waals surface area contributed by atoms with Crippen LogP contribution in [0.2, 0.25) is 0 Å². The fourth-order valence-electron chi connectivity index (χ4n) is 2.94. The summed E-state index contributed by atoms with van der Waals surface area (Å²) in [7, 11) is 2.11. The van der Waals surface area contributed by atoms with Gasteiger partial charge in [0.1, 0.15) is 23.0 Å². The van der Waals surface area contributed by atoms with Gasteiger partial charge >= 0.3 is 0 Å². The van der Waals surface area contributed by atoms with Gasteiger partial charge in [0, 0.05) is 37.8 Å². The Balaban J connectivity index is 1.50. The number of aromatic nitrogens is 3. The van der Waals surface area contributed by atoms with Crippen molar-refractivity contribution in [2.24, 2.45) is 0 Å². The van der Waals surface area contributed by atoms with Gasteiger partial charge in [-0.15, -0.1) is 0 Å². The highest BCUT2D eigenvalue weighted by Gasteiger charge is 2.17. The molecule has 0 aliphatic carbocycles. The Morgan fingerprint density at radius 1 is 1.08 bits per heavy atom. The van der Waals surface area contributed by atoms with Gasteiger partial charge in [-0.3, -0.25) is 4.79 Å². The van der Waals surface area contributed by atoms with E-state index in [4.69, 9.17) is 0 Å². The monoisotopic (exact) mass is 336 g/mol. The number of anilines is 2. The molecule has 7 heteroatoms. The molecule has 7 nitrogen and oxygen atoms in total. The molecule has 25 heavy (non-hydrogen) atoms. The topological polar surface area (TPSA) is 77.1 Å². The van der Waals surface area contributed by atoms with Crippen LogP contribution >= 0.6 is 0 Å². The van der Waals surface area contributed by atoms with Gasteiger partial charge in [0.05, 0.1) is 0 Å². The first-order chi connectivity index (χ1) is 12.2. The molecule has 0 aromatic carbocycles. The molecule has 4 heterocycles. The summed E-state index contributed by atoms with van der Waals surface area (Å²) in [6, 6.07) is 11.2. The summed E-state index contributed by atoms with van der Waals surface area (Å²) in [5, 5.41) is 3.83.